The molecule has 2 aliphatic rings. The van der Waals surface area contributed by atoms with Gasteiger partial charge in [-0.15, -0.1) is 0 Å². The van der Waals surface area contributed by atoms with Crippen molar-refractivity contribution in [1.82, 2.24) is 10.2 Å². The zero-order valence-corrected chi connectivity index (χ0v) is 12.3. The molecule has 21 heavy (non-hydrogen) atoms. The third kappa shape index (κ3) is 3.42. The molecular weight excluding hydrogens is 274 g/mol. The number of rotatable bonds is 4. The minimum Gasteiger partial charge on any atom is -0.374 e. The first kappa shape index (κ1) is 14.9. The van der Waals surface area contributed by atoms with Crippen LogP contribution in [-0.2, 0) is 11.2 Å². The maximum atomic E-state index is 13.3. The van der Waals surface area contributed by atoms with Crippen LogP contribution in [0.15, 0.2) is 18.2 Å². The van der Waals surface area contributed by atoms with Crippen LogP contribution in [0.1, 0.15) is 18.4 Å². The monoisotopic (exact) mass is 296 g/mol. The third-order valence-corrected chi connectivity index (χ3v) is 4.61. The predicted octanol–water partition coefficient (Wildman–Crippen LogP) is 1.96. The van der Waals surface area contributed by atoms with Crippen molar-refractivity contribution in [2.24, 2.45) is 0 Å². The van der Waals surface area contributed by atoms with Crippen LogP contribution in [0.25, 0.3) is 0 Å². The number of likely N-dealkylation sites (N-methyl/N-ethyl adjacent to an activating group) is 1. The summed E-state index contributed by atoms with van der Waals surface area (Å²) >= 11 is 0. The molecule has 2 aliphatic heterocycles. The van der Waals surface area contributed by atoms with Gasteiger partial charge >= 0.3 is 0 Å². The molecule has 5 heteroatoms. The largest absolute Gasteiger partial charge is 0.374 e. The predicted molar refractivity (Wildman–Crippen MR) is 77.2 cm³/mol. The van der Waals surface area contributed by atoms with Gasteiger partial charge in [-0.2, -0.15) is 0 Å². The second-order valence-corrected chi connectivity index (χ2v) is 6.04. The lowest BCUT2D eigenvalue weighted by atomic mass is 9.99. The quantitative estimate of drug-likeness (QED) is 0.919. The van der Waals surface area contributed by atoms with Gasteiger partial charge in [0.1, 0.15) is 11.6 Å². The summed E-state index contributed by atoms with van der Waals surface area (Å²) in [5, 5.41) is 3.24. The number of nitrogens with one attached hydrogen (secondary N) is 1. The molecule has 2 heterocycles. The van der Waals surface area contributed by atoms with Crippen molar-refractivity contribution < 1.29 is 13.5 Å². The fourth-order valence-corrected chi connectivity index (χ4v) is 3.49. The third-order valence-electron chi connectivity index (χ3n) is 4.61. The molecule has 0 aromatic heterocycles. The van der Waals surface area contributed by atoms with Crippen molar-refractivity contribution in [2.45, 2.75) is 37.5 Å². The summed E-state index contributed by atoms with van der Waals surface area (Å²) in [5.41, 5.74) is 0.666. The second-order valence-electron chi connectivity index (χ2n) is 6.04. The highest BCUT2D eigenvalue weighted by molar-refractivity contribution is 5.19. The van der Waals surface area contributed by atoms with Crippen molar-refractivity contribution in [3.8, 4) is 0 Å². The average Bonchev–Trinajstić information content (AvgIpc) is 2.91. The maximum absolute atomic E-state index is 13.3. The van der Waals surface area contributed by atoms with E-state index >= 15 is 0 Å². The SMILES string of the molecule is CNC(Cc1cc(F)cc(F)c1)C1CN2CCCC2CO1. The molecule has 2 fully saturated rings. The van der Waals surface area contributed by atoms with E-state index in [1.54, 1.807) is 0 Å². The fraction of sp³-hybridized carbons (Fsp3) is 0.625. The highest BCUT2D eigenvalue weighted by atomic mass is 19.1. The molecular formula is C16H22F2N2O. The molecule has 3 rings (SSSR count). The zero-order valence-electron chi connectivity index (χ0n) is 12.3. The Labute approximate surface area is 124 Å². The van der Waals surface area contributed by atoms with Gasteiger partial charge in [0.05, 0.1) is 12.7 Å². The molecule has 0 spiro atoms. The molecule has 1 N–H and O–H groups in total. The topological polar surface area (TPSA) is 24.5 Å². The standard InChI is InChI=1S/C16H22F2N2O/c1-19-15(7-11-5-12(17)8-13(18)6-11)16-9-20-4-2-3-14(20)10-21-16/h5-6,8,14-16,19H,2-4,7,9-10H2,1H3. The molecule has 1 aromatic carbocycles. The van der Waals surface area contributed by atoms with Crippen LogP contribution in [0.2, 0.25) is 0 Å². The molecule has 0 aliphatic carbocycles. The lowest BCUT2D eigenvalue weighted by Gasteiger charge is -2.38. The summed E-state index contributed by atoms with van der Waals surface area (Å²) in [5.74, 6) is -1.05. The van der Waals surface area contributed by atoms with Crippen molar-refractivity contribution in [3.05, 3.63) is 35.4 Å². The second kappa shape index (κ2) is 6.38. The lowest BCUT2D eigenvalue weighted by molar-refractivity contribution is -0.0634. The molecule has 3 nitrogen and oxygen atoms in total. The maximum Gasteiger partial charge on any atom is 0.126 e. The van der Waals surface area contributed by atoms with Crippen LogP contribution in [-0.4, -0.2) is 49.8 Å². The Hall–Kier alpha value is -1.04. The Balaban J connectivity index is 1.67. The van der Waals surface area contributed by atoms with Gasteiger partial charge in [-0.3, -0.25) is 4.90 Å². The average molecular weight is 296 g/mol. The first-order chi connectivity index (χ1) is 10.2. The highest BCUT2D eigenvalue weighted by Crippen LogP contribution is 2.24. The first-order valence-corrected chi connectivity index (χ1v) is 7.63. The van der Waals surface area contributed by atoms with Gasteiger partial charge < -0.3 is 10.1 Å². The van der Waals surface area contributed by atoms with Crippen molar-refractivity contribution in [3.63, 3.8) is 0 Å². The summed E-state index contributed by atoms with van der Waals surface area (Å²) in [6.45, 7) is 2.80. The summed E-state index contributed by atoms with van der Waals surface area (Å²) in [6.07, 6.45) is 3.08. The Kier molecular flexibility index (Phi) is 4.52. The molecule has 3 unspecified atom stereocenters. The van der Waals surface area contributed by atoms with Crippen molar-refractivity contribution >= 4 is 0 Å². The van der Waals surface area contributed by atoms with Gasteiger partial charge in [-0.25, -0.2) is 8.78 Å². The summed E-state index contributed by atoms with van der Waals surface area (Å²) < 4.78 is 32.6. The normalized spacial score (nSPS) is 27.6. The molecule has 0 amide bonds. The summed E-state index contributed by atoms with van der Waals surface area (Å²) in [4.78, 5) is 2.48. The van der Waals surface area contributed by atoms with Crippen molar-refractivity contribution in [1.29, 1.82) is 0 Å². The van der Waals surface area contributed by atoms with Crippen LogP contribution in [0.4, 0.5) is 8.78 Å². The minimum atomic E-state index is -0.524. The van der Waals surface area contributed by atoms with Gasteiger partial charge in [-0.05, 0) is 50.6 Å². The molecule has 0 radical (unpaired) electrons. The van der Waals surface area contributed by atoms with E-state index in [1.807, 2.05) is 7.05 Å². The Morgan fingerprint density at radius 3 is 2.81 bits per heavy atom. The number of hydrogen-bond acceptors (Lipinski definition) is 3. The van der Waals surface area contributed by atoms with E-state index in [4.69, 9.17) is 4.74 Å². The summed E-state index contributed by atoms with van der Waals surface area (Å²) in [6, 6.07) is 4.33. The fourth-order valence-electron chi connectivity index (χ4n) is 3.49. The van der Waals surface area contributed by atoms with Crippen molar-refractivity contribution in [2.75, 3.05) is 26.7 Å². The Morgan fingerprint density at radius 2 is 2.10 bits per heavy atom. The molecule has 0 bridgehead atoms. The summed E-state index contributed by atoms with van der Waals surface area (Å²) in [7, 11) is 1.87. The van der Waals surface area contributed by atoms with Crippen LogP contribution < -0.4 is 5.32 Å². The van der Waals surface area contributed by atoms with Gasteiger partial charge in [-0.1, -0.05) is 0 Å². The molecule has 2 saturated heterocycles. The number of benzene rings is 1. The van der Waals surface area contributed by atoms with Crippen LogP contribution in [0.5, 0.6) is 0 Å². The van der Waals surface area contributed by atoms with Gasteiger partial charge in [0.15, 0.2) is 0 Å². The van der Waals surface area contributed by atoms with Gasteiger partial charge in [0.25, 0.3) is 0 Å². The van der Waals surface area contributed by atoms with E-state index in [0.717, 1.165) is 25.8 Å². The number of hydrogen-bond donors (Lipinski definition) is 1. The van der Waals surface area contributed by atoms with Crippen LogP contribution in [0.3, 0.4) is 0 Å². The number of fused-ring (bicyclic) bond motifs is 1. The zero-order chi connectivity index (χ0) is 14.8. The smallest absolute Gasteiger partial charge is 0.126 e. The Bertz CT molecular complexity index is 477. The molecule has 1 aromatic rings. The van der Waals surface area contributed by atoms with E-state index in [0.29, 0.717) is 18.0 Å². The first-order valence-electron chi connectivity index (χ1n) is 7.63. The van der Waals surface area contributed by atoms with Crippen LogP contribution in [0, 0.1) is 11.6 Å². The van der Waals surface area contributed by atoms with E-state index in [2.05, 4.69) is 10.2 Å². The number of nitrogens with zero attached hydrogens (tertiary/aromatic N) is 1. The number of morpholine rings is 1. The van der Waals surface area contributed by atoms with E-state index < -0.39 is 11.6 Å². The van der Waals surface area contributed by atoms with Crippen LogP contribution >= 0.6 is 0 Å². The Morgan fingerprint density at radius 1 is 1.33 bits per heavy atom. The number of ether oxygens (including phenoxy) is 1. The lowest BCUT2D eigenvalue weighted by Crippen LogP contribution is -2.54. The highest BCUT2D eigenvalue weighted by Gasteiger charge is 2.35. The van der Waals surface area contributed by atoms with E-state index in [-0.39, 0.29) is 12.1 Å². The van der Waals surface area contributed by atoms with E-state index in [1.165, 1.54) is 25.0 Å². The number of halogens is 2. The van der Waals surface area contributed by atoms with Gasteiger partial charge in [0, 0.05) is 24.7 Å². The van der Waals surface area contributed by atoms with E-state index in [9.17, 15) is 8.78 Å². The minimum absolute atomic E-state index is 0.0627. The molecule has 0 saturated carbocycles. The van der Waals surface area contributed by atoms with Gasteiger partial charge in [0.2, 0.25) is 0 Å². The molecule has 3 atom stereocenters. The molecule has 116 valence electrons.